The standard InChI is InChI=1S/C24H19N5O4S/c1-16-9-11-18(12-10-16)28-23(31)20-7-2-3-8-21(20)26-24(28)34-15-22(30)27-25-14-17-5-4-6-19(13-17)29(32)33/h2-14H,15H2,1H3,(H,27,30)/b25-14-. The number of carbonyl (C=O) groups is 1. The quantitative estimate of drug-likeness (QED) is 0.143. The molecule has 0 atom stereocenters. The summed E-state index contributed by atoms with van der Waals surface area (Å²) < 4.78 is 1.49. The van der Waals surface area contributed by atoms with Crippen molar-refractivity contribution in [3.05, 3.63) is 104 Å². The van der Waals surface area contributed by atoms with Crippen LogP contribution in [0.4, 0.5) is 5.69 Å². The molecule has 3 aromatic carbocycles. The fourth-order valence-corrected chi connectivity index (χ4v) is 4.00. The van der Waals surface area contributed by atoms with Gasteiger partial charge in [0.1, 0.15) is 0 Å². The van der Waals surface area contributed by atoms with Crippen molar-refractivity contribution in [2.45, 2.75) is 12.1 Å². The number of aromatic nitrogens is 2. The van der Waals surface area contributed by atoms with Crippen LogP contribution in [0.25, 0.3) is 16.6 Å². The van der Waals surface area contributed by atoms with Crippen LogP contribution in [0.1, 0.15) is 11.1 Å². The number of fused-ring (bicyclic) bond motifs is 1. The number of hydrogen-bond acceptors (Lipinski definition) is 7. The first kappa shape index (κ1) is 22.9. The zero-order chi connectivity index (χ0) is 24.1. The van der Waals surface area contributed by atoms with E-state index in [1.165, 1.54) is 29.0 Å². The third-order valence-corrected chi connectivity index (χ3v) is 5.79. The highest BCUT2D eigenvalue weighted by molar-refractivity contribution is 7.99. The lowest BCUT2D eigenvalue weighted by Gasteiger charge is -2.13. The van der Waals surface area contributed by atoms with Gasteiger partial charge in [-0.25, -0.2) is 10.4 Å². The highest BCUT2D eigenvalue weighted by atomic mass is 32.2. The molecule has 0 saturated carbocycles. The SMILES string of the molecule is Cc1ccc(-n2c(SCC(=O)N/N=C\c3cccc([N+](=O)[O-])c3)nc3ccccc3c2=O)cc1. The average Bonchev–Trinajstić information content (AvgIpc) is 2.84. The second kappa shape index (κ2) is 10.1. The number of thioether (sulfide) groups is 1. The van der Waals surface area contributed by atoms with Crippen molar-refractivity contribution in [2.75, 3.05) is 5.75 Å². The molecular formula is C24H19N5O4S. The largest absolute Gasteiger partial charge is 0.272 e. The molecule has 0 bridgehead atoms. The Morgan fingerprint density at radius 2 is 1.91 bits per heavy atom. The van der Waals surface area contributed by atoms with E-state index in [1.54, 1.807) is 30.3 Å². The zero-order valence-corrected chi connectivity index (χ0v) is 18.9. The van der Waals surface area contributed by atoms with Gasteiger partial charge in [0.2, 0.25) is 0 Å². The molecule has 0 aliphatic rings. The van der Waals surface area contributed by atoms with Crippen LogP contribution in [0, 0.1) is 17.0 Å². The van der Waals surface area contributed by atoms with E-state index in [0.717, 1.165) is 17.3 Å². The molecule has 9 nitrogen and oxygen atoms in total. The van der Waals surface area contributed by atoms with Crippen LogP contribution >= 0.6 is 11.8 Å². The van der Waals surface area contributed by atoms with Gasteiger partial charge in [0, 0.05) is 17.7 Å². The Kier molecular flexibility index (Phi) is 6.79. The predicted molar refractivity (Wildman–Crippen MR) is 132 cm³/mol. The van der Waals surface area contributed by atoms with E-state index in [9.17, 15) is 19.7 Å². The molecule has 0 aliphatic heterocycles. The fourth-order valence-electron chi connectivity index (χ4n) is 3.19. The summed E-state index contributed by atoms with van der Waals surface area (Å²) in [6.07, 6.45) is 1.33. The molecule has 0 spiro atoms. The maximum absolute atomic E-state index is 13.2. The molecule has 1 amide bonds. The Morgan fingerprint density at radius 1 is 1.15 bits per heavy atom. The van der Waals surface area contributed by atoms with E-state index < -0.39 is 10.8 Å². The topological polar surface area (TPSA) is 119 Å². The third kappa shape index (κ3) is 5.18. The first-order chi connectivity index (χ1) is 16.4. The van der Waals surface area contributed by atoms with Crippen LogP contribution in [0.3, 0.4) is 0 Å². The number of nitrogens with zero attached hydrogens (tertiary/aromatic N) is 4. The molecule has 0 saturated heterocycles. The summed E-state index contributed by atoms with van der Waals surface area (Å²) in [7, 11) is 0. The molecule has 34 heavy (non-hydrogen) atoms. The van der Waals surface area contributed by atoms with Gasteiger partial charge < -0.3 is 0 Å². The molecule has 10 heteroatoms. The first-order valence-corrected chi connectivity index (χ1v) is 11.2. The number of para-hydroxylation sites is 1. The van der Waals surface area contributed by atoms with E-state index in [-0.39, 0.29) is 17.0 Å². The maximum Gasteiger partial charge on any atom is 0.270 e. The van der Waals surface area contributed by atoms with Gasteiger partial charge in [0.05, 0.1) is 33.5 Å². The van der Waals surface area contributed by atoms with Gasteiger partial charge in [-0.15, -0.1) is 0 Å². The minimum Gasteiger partial charge on any atom is -0.272 e. The van der Waals surface area contributed by atoms with Gasteiger partial charge in [-0.2, -0.15) is 5.10 Å². The van der Waals surface area contributed by atoms with Crippen LogP contribution < -0.4 is 11.0 Å². The normalized spacial score (nSPS) is 11.1. The summed E-state index contributed by atoms with van der Waals surface area (Å²) in [5, 5.41) is 15.6. The average molecular weight is 474 g/mol. The minimum absolute atomic E-state index is 0.0388. The Morgan fingerprint density at radius 3 is 2.68 bits per heavy atom. The lowest BCUT2D eigenvalue weighted by molar-refractivity contribution is -0.384. The number of non-ortho nitro benzene ring substituents is 1. The molecular weight excluding hydrogens is 454 g/mol. The van der Waals surface area contributed by atoms with Crippen molar-refractivity contribution < 1.29 is 9.72 Å². The van der Waals surface area contributed by atoms with Crippen molar-refractivity contribution >= 4 is 40.5 Å². The van der Waals surface area contributed by atoms with E-state index in [1.807, 2.05) is 31.2 Å². The number of hydrazone groups is 1. The predicted octanol–water partition coefficient (Wildman–Crippen LogP) is 3.84. The summed E-state index contributed by atoms with van der Waals surface area (Å²) >= 11 is 1.11. The highest BCUT2D eigenvalue weighted by Gasteiger charge is 2.14. The molecule has 170 valence electrons. The van der Waals surface area contributed by atoms with Gasteiger partial charge in [0.25, 0.3) is 17.2 Å². The summed E-state index contributed by atoms with van der Waals surface area (Å²) in [5.74, 6) is -0.451. The van der Waals surface area contributed by atoms with Gasteiger partial charge in [0.15, 0.2) is 5.16 Å². The lowest BCUT2D eigenvalue weighted by atomic mass is 10.2. The summed E-state index contributed by atoms with van der Waals surface area (Å²) in [6, 6.07) is 20.4. The van der Waals surface area contributed by atoms with Gasteiger partial charge >= 0.3 is 0 Å². The van der Waals surface area contributed by atoms with Crippen molar-refractivity contribution in [1.29, 1.82) is 0 Å². The number of aryl methyl sites for hydroxylation is 1. The molecule has 0 fully saturated rings. The number of benzene rings is 3. The number of carbonyl (C=O) groups excluding carboxylic acids is 1. The van der Waals surface area contributed by atoms with E-state index >= 15 is 0 Å². The smallest absolute Gasteiger partial charge is 0.270 e. The molecule has 1 N–H and O–H groups in total. The maximum atomic E-state index is 13.2. The highest BCUT2D eigenvalue weighted by Crippen LogP contribution is 2.21. The number of nitro benzene ring substituents is 1. The van der Waals surface area contributed by atoms with Gasteiger partial charge in [-0.05, 0) is 31.2 Å². The second-order valence-electron chi connectivity index (χ2n) is 7.32. The van der Waals surface area contributed by atoms with Crippen LogP contribution in [0.2, 0.25) is 0 Å². The van der Waals surface area contributed by atoms with Gasteiger partial charge in [-0.3, -0.25) is 24.3 Å². The van der Waals surface area contributed by atoms with E-state index in [2.05, 4.69) is 15.5 Å². The zero-order valence-electron chi connectivity index (χ0n) is 18.0. The van der Waals surface area contributed by atoms with Gasteiger partial charge in [-0.1, -0.05) is 53.7 Å². The molecule has 0 radical (unpaired) electrons. The minimum atomic E-state index is -0.503. The Bertz CT molecular complexity index is 1460. The lowest BCUT2D eigenvalue weighted by Crippen LogP contribution is -2.24. The van der Waals surface area contributed by atoms with Crippen LogP contribution in [-0.4, -0.2) is 32.3 Å². The molecule has 1 heterocycles. The molecule has 0 unspecified atom stereocenters. The molecule has 1 aromatic heterocycles. The summed E-state index contributed by atoms with van der Waals surface area (Å²) in [4.78, 5) is 40.5. The summed E-state index contributed by atoms with van der Waals surface area (Å²) in [5.41, 5.74) is 4.84. The molecule has 4 aromatic rings. The first-order valence-electron chi connectivity index (χ1n) is 10.2. The molecule has 0 aliphatic carbocycles. The van der Waals surface area contributed by atoms with E-state index in [4.69, 9.17) is 0 Å². The summed E-state index contributed by atoms with van der Waals surface area (Å²) in [6.45, 7) is 1.96. The van der Waals surface area contributed by atoms with Crippen molar-refractivity contribution in [1.82, 2.24) is 15.0 Å². The monoisotopic (exact) mass is 473 g/mol. The second-order valence-corrected chi connectivity index (χ2v) is 8.26. The number of hydrogen-bond donors (Lipinski definition) is 1. The number of amides is 1. The van der Waals surface area contributed by atoms with Crippen LogP contribution in [0.15, 0.2) is 87.8 Å². The van der Waals surface area contributed by atoms with E-state index in [0.29, 0.717) is 27.3 Å². The van der Waals surface area contributed by atoms with Crippen LogP contribution in [-0.2, 0) is 4.79 Å². The Balaban J connectivity index is 1.53. The number of nitrogens with one attached hydrogen (secondary N) is 1. The fraction of sp³-hybridized carbons (Fsp3) is 0.0833. The third-order valence-electron chi connectivity index (χ3n) is 4.85. The number of nitro groups is 1. The van der Waals surface area contributed by atoms with Crippen molar-refractivity contribution in [3.63, 3.8) is 0 Å². The van der Waals surface area contributed by atoms with Crippen molar-refractivity contribution in [2.24, 2.45) is 5.10 Å². The Hall–Kier alpha value is -4.31. The van der Waals surface area contributed by atoms with Crippen molar-refractivity contribution in [3.8, 4) is 5.69 Å². The Labute approximate surface area is 198 Å². The van der Waals surface area contributed by atoms with Crippen LogP contribution in [0.5, 0.6) is 0 Å². The number of rotatable bonds is 7. The molecule has 4 rings (SSSR count).